The van der Waals surface area contributed by atoms with Gasteiger partial charge in [0, 0.05) is 0 Å². The van der Waals surface area contributed by atoms with Gasteiger partial charge in [-0.15, -0.1) is 0 Å². The minimum atomic E-state index is 0.171. The number of epoxide rings is 1. The van der Waals surface area contributed by atoms with Crippen LogP contribution >= 0.6 is 0 Å². The maximum atomic E-state index is 6.49. The summed E-state index contributed by atoms with van der Waals surface area (Å²) in [6.07, 6.45) is 18.5. The van der Waals surface area contributed by atoms with Gasteiger partial charge in [-0.2, -0.15) is 0 Å². The first-order valence-electron chi connectivity index (χ1n) is 14.0. The molecule has 1 saturated heterocycles. The van der Waals surface area contributed by atoms with Crippen LogP contribution in [0.3, 0.4) is 0 Å². The van der Waals surface area contributed by atoms with Gasteiger partial charge in [0.25, 0.3) is 0 Å². The van der Waals surface area contributed by atoms with Crippen LogP contribution < -0.4 is 4.74 Å². The second kappa shape index (κ2) is 6.55. The molecule has 2 unspecified atom stereocenters. The third-order valence-corrected chi connectivity index (χ3v) is 11.4. The standard InChI is InChI=1S/C30H40O2/c1-18(28-17-31-28)32-25-2-3-26(29-11-19-4-20(12-29)6-21(5-19)13-29)27(10-25)30-14-22-7-23(15-30)9-24(8-22)16-30/h2-3,10,18-24,28H,4-9,11-17H2,1H3. The summed E-state index contributed by atoms with van der Waals surface area (Å²) in [7, 11) is 0. The summed E-state index contributed by atoms with van der Waals surface area (Å²) in [6, 6.07) is 7.49. The fourth-order valence-electron chi connectivity index (χ4n) is 11.0. The van der Waals surface area contributed by atoms with E-state index >= 15 is 0 Å². The molecule has 2 heteroatoms. The molecule has 9 aliphatic rings. The lowest BCUT2D eigenvalue weighted by Gasteiger charge is -2.61. The van der Waals surface area contributed by atoms with E-state index in [-0.39, 0.29) is 6.10 Å². The Hall–Kier alpha value is -1.02. The van der Waals surface area contributed by atoms with Crippen LogP contribution in [-0.2, 0) is 15.6 Å². The average molecular weight is 433 g/mol. The molecule has 1 aliphatic heterocycles. The molecular weight excluding hydrogens is 392 g/mol. The highest BCUT2D eigenvalue weighted by Crippen LogP contribution is 2.65. The quantitative estimate of drug-likeness (QED) is 0.478. The first-order chi connectivity index (χ1) is 15.6. The zero-order valence-corrected chi connectivity index (χ0v) is 19.9. The van der Waals surface area contributed by atoms with Crippen LogP contribution in [-0.4, -0.2) is 18.8 Å². The Balaban J connectivity index is 1.24. The summed E-state index contributed by atoms with van der Waals surface area (Å²) < 4.78 is 12.0. The topological polar surface area (TPSA) is 21.8 Å². The highest BCUT2D eigenvalue weighted by atomic mass is 16.6. The van der Waals surface area contributed by atoms with Crippen molar-refractivity contribution < 1.29 is 9.47 Å². The van der Waals surface area contributed by atoms with Gasteiger partial charge >= 0.3 is 0 Å². The van der Waals surface area contributed by atoms with Crippen molar-refractivity contribution in [3.05, 3.63) is 29.3 Å². The lowest BCUT2D eigenvalue weighted by atomic mass is 9.44. The van der Waals surface area contributed by atoms with Crippen molar-refractivity contribution in [3.63, 3.8) is 0 Å². The molecule has 2 atom stereocenters. The van der Waals surface area contributed by atoms with E-state index in [0.29, 0.717) is 16.9 Å². The second-order valence-corrected chi connectivity index (χ2v) is 13.8. The maximum absolute atomic E-state index is 6.49. The van der Waals surface area contributed by atoms with E-state index in [1.807, 2.05) is 0 Å². The van der Waals surface area contributed by atoms with Crippen LogP contribution in [0.15, 0.2) is 18.2 Å². The van der Waals surface area contributed by atoms with E-state index in [9.17, 15) is 0 Å². The van der Waals surface area contributed by atoms with Crippen molar-refractivity contribution in [2.45, 2.75) is 107 Å². The number of hydrogen-bond donors (Lipinski definition) is 0. The highest BCUT2D eigenvalue weighted by Gasteiger charge is 2.56. The van der Waals surface area contributed by atoms with Gasteiger partial charge in [0.15, 0.2) is 0 Å². The average Bonchev–Trinajstić information content (AvgIpc) is 3.57. The molecule has 172 valence electrons. The largest absolute Gasteiger partial charge is 0.488 e. The maximum Gasteiger partial charge on any atom is 0.124 e. The summed E-state index contributed by atoms with van der Waals surface area (Å²) >= 11 is 0. The molecule has 1 aromatic carbocycles. The van der Waals surface area contributed by atoms with Gasteiger partial charge in [-0.3, -0.25) is 0 Å². The van der Waals surface area contributed by atoms with Crippen molar-refractivity contribution in [2.75, 3.05) is 6.61 Å². The van der Waals surface area contributed by atoms with Crippen LogP contribution in [0.1, 0.15) is 95.1 Å². The number of ether oxygens (including phenoxy) is 2. The molecule has 1 aromatic rings. The van der Waals surface area contributed by atoms with Gasteiger partial charge in [-0.25, -0.2) is 0 Å². The fourth-order valence-corrected chi connectivity index (χ4v) is 11.0. The molecule has 9 fully saturated rings. The summed E-state index contributed by atoms with van der Waals surface area (Å²) in [6.45, 7) is 3.06. The highest BCUT2D eigenvalue weighted by molar-refractivity contribution is 5.47. The van der Waals surface area contributed by atoms with E-state index in [2.05, 4.69) is 25.1 Å². The van der Waals surface area contributed by atoms with E-state index in [1.54, 1.807) is 11.1 Å². The Labute approximate surface area is 193 Å². The van der Waals surface area contributed by atoms with Crippen molar-refractivity contribution in [1.82, 2.24) is 0 Å². The number of rotatable bonds is 5. The van der Waals surface area contributed by atoms with Crippen molar-refractivity contribution in [3.8, 4) is 5.75 Å². The first-order valence-corrected chi connectivity index (χ1v) is 14.0. The Bertz CT molecular complexity index is 856. The molecule has 8 saturated carbocycles. The van der Waals surface area contributed by atoms with E-state index in [0.717, 1.165) is 47.9 Å². The Morgan fingerprint density at radius 2 is 1.16 bits per heavy atom. The normalized spacial score (nSPS) is 50.6. The summed E-state index contributed by atoms with van der Waals surface area (Å²) in [5.41, 5.74) is 4.49. The third kappa shape index (κ3) is 2.87. The predicted octanol–water partition coefficient (Wildman–Crippen LogP) is 6.79. The monoisotopic (exact) mass is 432 g/mol. The van der Waals surface area contributed by atoms with E-state index in [4.69, 9.17) is 9.47 Å². The van der Waals surface area contributed by atoms with Gasteiger partial charge in [-0.05, 0) is 154 Å². The number of benzene rings is 1. The predicted molar refractivity (Wildman–Crippen MR) is 126 cm³/mol. The summed E-state index contributed by atoms with van der Waals surface area (Å²) in [4.78, 5) is 0. The van der Waals surface area contributed by atoms with Crippen molar-refractivity contribution in [2.24, 2.45) is 35.5 Å². The smallest absolute Gasteiger partial charge is 0.124 e. The lowest BCUT2D eigenvalue weighted by Crippen LogP contribution is -2.52. The Morgan fingerprint density at radius 3 is 1.59 bits per heavy atom. The Morgan fingerprint density at radius 1 is 0.719 bits per heavy atom. The minimum Gasteiger partial charge on any atom is -0.488 e. The molecule has 2 nitrogen and oxygen atoms in total. The molecule has 8 aliphatic carbocycles. The summed E-state index contributed by atoms with van der Waals surface area (Å²) in [5.74, 6) is 7.12. The van der Waals surface area contributed by atoms with Gasteiger partial charge in [0.1, 0.15) is 18.0 Å². The molecule has 0 spiro atoms. The third-order valence-electron chi connectivity index (χ3n) is 11.4. The van der Waals surface area contributed by atoms with Crippen LogP contribution in [0.5, 0.6) is 5.75 Å². The molecule has 8 bridgehead atoms. The first kappa shape index (κ1) is 19.3. The fraction of sp³-hybridized carbons (Fsp3) is 0.800. The molecule has 10 rings (SSSR count). The SMILES string of the molecule is CC(Oc1ccc(C23CC4CC(CC(C4)C2)C3)c(C23CC4CC(CC(C4)C2)C3)c1)C1CO1. The van der Waals surface area contributed by atoms with Crippen LogP contribution in [0, 0.1) is 35.5 Å². The van der Waals surface area contributed by atoms with Gasteiger partial charge in [-0.1, -0.05) is 6.07 Å². The van der Waals surface area contributed by atoms with Gasteiger partial charge in [0.05, 0.1) is 6.61 Å². The zero-order chi connectivity index (χ0) is 21.1. The van der Waals surface area contributed by atoms with E-state index in [1.165, 1.54) is 77.0 Å². The molecule has 32 heavy (non-hydrogen) atoms. The van der Waals surface area contributed by atoms with Crippen LogP contribution in [0.25, 0.3) is 0 Å². The van der Waals surface area contributed by atoms with Crippen LogP contribution in [0.2, 0.25) is 0 Å². The minimum absolute atomic E-state index is 0.171. The van der Waals surface area contributed by atoms with Gasteiger partial charge < -0.3 is 9.47 Å². The van der Waals surface area contributed by atoms with E-state index < -0.39 is 0 Å². The van der Waals surface area contributed by atoms with Crippen molar-refractivity contribution >= 4 is 0 Å². The second-order valence-electron chi connectivity index (χ2n) is 13.8. The molecule has 1 heterocycles. The lowest BCUT2D eigenvalue weighted by molar-refractivity contribution is -0.0176. The Kier molecular flexibility index (Phi) is 3.95. The molecule has 0 N–H and O–H groups in total. The number of hydrogen-bond acceptors (Lipinski definition) is 2. The van der Waals surface area contributed by atoms with Gasteiger partial charge in [0.2, 0.25) is 0 Å². The molecular formula is C30H40O2. The molecule has 0 amide bonds. The van der Waals surface area contributed by atoms with Crippen molar-refractivity contribution in [1.29, 1.82) is 0 Å². The van der Waals surface area contributed by atoms with Crippen LogP contribution in [0.4, 0.5) is 0 Å². The molecule has 0 aromatic heterocycles. The summed E-state index contributed by atoms with van der Waals surface area (Å²) in [5, 5.41) is 0. The zero-order valence-electron chi connectivity index (χ0n) is 19.9. The molecule has 0 radical (unpaired) electrons.